The van der Waals surface area contributed by atoms with Crippen LogP contribution in [0.3, 0.4) is 0 Å². The van der Waals surface area contributed by atoms with Crippen LogP contribution in [0.2, 0.25) is 0 Å². The van der Waals surface area contributed by atoms with E-state index in [4.69, 9.17) is 14.6 Å². The summed E-state index contributed by atoms with van der Waals surface area (Å²) in [5.74, 6) is 1.70. The Morgan fingerprint density at radius 1 is 0.792 bits per heavy atom. The zero-order chi connectivity index (χ0) is 16.7. The molecule has 0 saturated carbocycles. The van der Waals surface area contributed by atoms with Crippen LogP contribution in [0.4, 0.5) is 0 Å². The number of rotatable bonds is 3. The third kappa shape index (κ3) is 2.27. The van der Waals surface area contributed by atoms with Crippen LogP contribution < -0.4 is 9.47 Å². The number of hydrogen-bond acceptors (Lipinski definition) is 3. The average Bonchev–Trinajstić information content (AvgIpc) is 2.97. The van der Waals surface area contributed by atoms with Crippen molar-refractivity contribution in [2.45, 2.75) is 0 Å². The van der Waals surface area contributed by atoms with Gasteiger partial charge in [-0.25, -0.2) is 0 Å². The summed E-state index contributed by atoms with van der Waals surface area (Å²) >= 11 is 0. The van der Waals surface area contributed by atoms with E-state index in [0.29, 0.717) is 0 Å². The van der Waals surface area contributed by atoms with Crippen molar-refractivity contribution < 1.29 is 9.47 Å². The Balaban J connectivity index is 1.89. The summed E-state index contributed by atoms with van der Waals surface area (Å²) in [5, 5.41) is 8.15. The molecule has 0 saturated heterocycles. The van der Waals surface area contributed by atoms with Crippen molar-refractivity contribution in [2.75, 3.05) is 14.2 Å². The number of aromatic nitrogens is 2. The van der Waals surface area contributed by atoms with Gasteiger partial charge in [-0.15, -0.1) is 0 Å². The van der Waals surface area contributed by atoms with E-state index in [1.54, 1.807) is 14.2 Å². The lowest BCUT2D eigenvalue weighted by Gasteiger charge is -2.05. The molecule has 0 N–H and O–H groups in total. The highest BCUT2D eigenvalue weighted by molar-refractivity contribution is 5.97. The molecule has 1 heterocycles. The van der Waals surface area contributed by atoms with Gasteiger partial charge in [0.2, 0.25) is 0 Å². The molecule has 1 aromatic heterocycles. The Labute approximate surface area is 140 Å². The molecule has 0 aliphatic heterocycles. The van der Waals surface area contributed by atoms with Crippen molar-refractivity contribution in [1.82, 2.24) is 9.78 Å². The molecule has 0 bridgehead atoms. The number of aryl methyl sites for hydroxylation is 1. The van der Waals surface area contributed by atoms with Crippen molar-refractivity contribution in [2.24, 2.45) is 7.05 Å². The van der Waals surface area contributed by atoms with Crippen molar-refractivity contribution in [3.05, 3.63) is 54.6 Å². The number of fused-ring (bicyclic) bond motifs is 2. The predicted octanol–water partition coefficient (Wildman–Crippen LogP) is 4.41. The Hall–Kier alpha value is -3.01. The molecule has 0 unspecified atom stereocenters. The molecule has 0 spiro atoms. The van der Waals surface area contributed by atoms with E-state index in [9.17, 15) is 0 Å². The standard InChI is InChI=1S/C20H18N2O2/c1-22-19-12-17(24-3)8-9-18(19)20(21-22)15-5-4-14-11-16(23-2)7-6-13(14)10-15/h4-12H,1-3H3. The van der Waals surface area contributed by atoms with Crippen LogP contribution in [0.25, 0.3) is 32.9 Å². The van der Waals surface area contributed by atoms with Crippen LogP contribution in [0.5, 0.6) is 11.5 Å². The van der Waals surface area contributed by atoms with Crippen molar-refractivity contribution in [3.8, 4) is 22.8 Å². The minimum Gasteiger partial charge on any atom is -0.497 e. The zero-order valence-corrected chi connectivity index (χ0v) is 13.9. The van der Waals surface area contributed by atoms with Gasteiger partial charge >= 0.3 is 0 Å². The lowest BCUT2D eigenvalue weighted by atomic mass is 10.0. The molecule has 4 nitrogen and oxygen atoms in total. The maximum atomic E-state index is 5.32. The smallest absolute Gasteiger partial charge is 0.121 e. The van der Waals surface area contributed by atoms with Gasteiger partial charge in [0, 0.05) is 24.1 Å². The molecule has 0 amide bonds. The van der Waals surface area contributed by atoms with E-state index in [-0.39, 0.29) is 0 Å². The quantitative estimate of drug-likeness (QED) is 0.561. The van der Waals surface area contributed by atoms with Gasteiger partial charge in [0.25, 0.3) is 0 Å². The first-order chi connectivity index (χ1) is 11.7. The predicted molar refractivity (Wildman–Crippen MR) is 96.8 cm³/mol. The minimum absolute atomic E-state index is 0.836. The molecule has 4 heteroatoms. The molecule has 4 rings (SSSR count). The highest BCUT2D eigenvalue weighted by Gasteiger charge is 2.12. The fourth-order valence-electron chi connectivity index (χ4n) is 3.08. The van der Waals surface area contributed by atoms with E-state index < -0.39 is 0 Å². The summed E-state index contributed by atoms with van der Waals surface area (Å²) in [5.41, 5.74) is 3.13. The zero-order valence-electron chi connectivity index (χ0n) is 13.9. The number of methoxy groups -OCH3 is 2. The molecule has 0 radical (unpaired) electrons. The first kappa shape index (κ1) is 14.6. The molecule has 24 heavy (non-hydrogen) atoms. The first-order valence-electron chi connectivity index (χ1n) is 7.78. The van der Waals surface area contributed by atoms with E-state index in [1.807, 2.05) is 36.0 Å². The van der Waals surface area contributed by atoms with Crippen molar-refractivity contribution in [3.63, 3.8) is 0 Å². The summed E-state index contributed by atoms with van der Waals surface area (Å²) in [7, 11) is 5.32. The molecular weight excluding hydrogens is 300 g/mol. The van der Waals surface area contributed by atoms with Gasteiger partial charge in [-0.2, -0.15) is 5.10 Å². The summed E-state index contributed by atoms with van der Waals surface area (Å²) in [6.07, 6.45) is 0. The molecule has 0 atom stereocenters. The normalized spacial score (nSPS) is 11.1. The highest BCUT2D eigenvalue weighted by Crippen LogP contribution is 2.32. The first-order valence-corrected chi connectivity index (χ1v) is 7.78. The molecule has 0 aliphatic carbocycles. The Morgan fingerprint density at radius 3 is 2.25 bits per heavy atom. The molecular formula is C20H18N2O2. The third-order valence-corrected chi connectivity index (χ3v) is 4.38. The fraction of sp³-hybridized carbons (Fsp3) is 0.150. The van der Waals surface area contributed by atoms with Crippen molar-refractivity contribution >= 4 is 21.7 Å². The van der Waals surface area contributed by atoms with Gasteiger partial charge in [0.05, 0.1) is 19.7 Å². The van der Waals surface area contributed by atoms with E-state index in [1.165, 1.54) is 5.39 Å². The number of benzene rings is 3. The van der Waals surface area contributed by atoms with Gasteiger partial charge in [0.15, 0.2) is 0 Å². The van der Waals surface area contributed by atoms with Gasteiger partial charge < -0.3 is 9.47 Å². The van der Waals surface area contributed by atoms with Gasteiger partial charge in [-0.05, 0) is 41.1 Å². The second-order valence-electron chi connectivity index (χ2n) is 5.78. The molecule has 120 valence electrons. The number of hydrogen-bond donors (Lipinski definition) is 0. The number of ether oxygens (including phenoxy) is 2. The van der Waals surface area contributed by atoms with E-state index >= 15 is 0 Å². The molecule has 4 aromatic rings. The van der Waals surface area contributed by atoms with Gasteiger partial charge in [-0.3, -0.25) is 4.68 Å². The van der Waals surface area contributed by atoms with Gasteiger partial charge in [-0.1, -0.05) is 18.2 Å². The Kier molecular flexibility index (Phi) is 3.38. The molecule has 0 aliphatic rings. The monoisotopic (exact) mass is 318 g/mol. The van der Waals surface area contributed by atoms with E-state index in [2.05, 4.69) is 30.3 Å². The van der Waals surface area contributed by atoms with Crippen LogP contribution in [0, 0.1) is 0 Å². The molecule has 3 aromatic carbocycles. The summed E-state index contributed by atoms with van der Waals surface area (Å²) in [6, 6.07) is 18.5. The second kappa shape index (κ2) is 5.57. The van der Waals surface area contributed by atoms with E-state index in [0.717, 1.165) is 39.0 Å². The Morgan fingerprint density at radius 2 is 1.46 bits per heavy atom. The fourth-order valence-corrected chi connectivity index (χ4v) is 3.08. The maximum Gasteiger partial charge on any atom is 0.121 e. The molecule has 0 fully saturated rings. The highest BCUT2D eigenvalue weighted by atomic mass is 16.5. The minimum atomic E-state index is 0.836. The summed E-state index contributed by atoms with van der Waals surface area (Å²) in [4.78, 5) is 0. The largest absolute Gasteiger partial charge is 0.497 e. The number of nitrogens with zero attached hydrogens (tertiary/aromatic N) is 2. The second-order valence-corrected chi connectivity index (χ2v) is 5.78. The maximum absolute atomic E-state index is 5.32. The lowest BCUT2D eigenvalue weighted by molar-refractivity contribution is 0.415. The topological polar surface area (TPSA) is 36.3 Å². The summed E-state index contributed by atoms with van der Waals surface area (Å²) in [6.45, 7) is 0. The third-order valence-electron chi connectivity index (χ3n) is 4.38. The van der Waals surface area contributed by atoms with Crippen LogP contribution in [-0.2, 0) is 7.05 Å². The van der Waals surface area contributed by atoms with Crippen LogP contribution in [0.1, 0.15) is 0 Å². The summed E-state index contributed by atoms with van der Waals surface area (Å²) < 4.78 is 12.5. The average molecular weight is 318 g/mol. The van der Waals surface area contributed by atoms with Crippen molar-refractivity contribution in [1.29, 1.82) is 0 Å². The van der Waals surface area contributed by atoms with Crippen LogP contribution in [-0.4, -0.2) is 24.0 Å². The van der Waals surface area contributed by atoms with Gasteiger partial charge in [0.1, 0.15) is 17.2 Å². The van der Waals surface area contributed by atoms with Crippen LogP contribution in [0.15, 0.2) is 54.6 Å². The lowest BCUT2D eigenvalue weighted by Crippen LogP contribution is -1.90. The SMILES string of the molecule is COc1ccc2cc(-c3nn(C)c4cc(OC)ccc34)ccc2c1. The Bertz CT molecular complexity index is 1050. The van der Waals surface area contributed by atoms with Crippen LogP contribution >= 0.6 is 0 Å².